The predicted octanol–water partition coefficient (Wildman–Crippen LogP) is 5.34. The number of ether oxygens (including phenoxy) is 1. The molecule has 0 aliphatic rings. The van der Waals surface area contributed by atoms with Crippen LogP contribution < -0.4 is 10.2 Å². The van der Waals surface area contributed by atoms with Crippen LogP contribution in [0.2, 0.25) is 10.0 Å². The lowest BCUT2D eigenvalue weighted by Crippen LogP contribution is -2.18. The topological polar surface area (TPSA) is 50.7 Å². The Hall–Kier alpha value is -2.82. The maximum absolute atomic E-state index is 12.2. The van der Waals surface area contributed by atoms with Crippen LogP contribution in [0.25, 0.3) is 0 Å². The van der Waals surface area contributed by atoms with Gasteiger partial charge in [-0.25, -0.2) is 5.43 Å². The van der Waals surface area contributed by atoms with E-state index in [1.807, 2.05) is 54.6 Å². The van der Waals surface area contributed by atoms with Crippen LogP contribution in [0.4, 0.5) is 0 Å². The molecule has 3 rings (SSSR count). The first kappa shape index (κ1) is 19.0. The molecule has 27 heavy (non-hydrogen) atoms. The number of rotatable bonds is 6. The molecule has 0 aliphatic heterocycles. The third-order valence-corrected chi connectivity index (χ3v) is 4.25. The molecule has 136 valence electrons. The van der Waals surface area contributed by atoms with E-state index in [9.17, 15) is 4.79 Å². The number of hydrogen-bond donors (Lipinski definition) is 1. The number of carbonyl (C=O) groups excluding carboxylic acids is 1. The number of hydrazone groups is 1. The number of carbonyl (C=O) groups is 1. The van der Waals surface area contributed by atoms with Crippen LogP contribution in [0.5, 0.6) is 5.75 Å². The summed E-state index contributed by atoms with van der Waals surface area (Å²) in [6, 6.07) is 22.0. The van der Waals surface area contributed by atoms with Gasteiger partial charge in [0.2, 0.25) is 0 Å². The van der Waals surface area contributed by atoms with Crippen molar-refractivity contribution in [2.24, 2.45) is 5.10 Å². The summed E-state index contributed by atoms with van der Waals surface area (Å²) in [6.07, 6.45) is 1.53. The average molecular weight is 399 g/mol. The van der Waals surface area contributed by atoms with Crippen molar-refractivity contribution in [1.29, 1.82) is 0 Å². The fourth-order valence-corrected chi connectivity index (χ4v) is 2.84. The molecular formula is C21H16Cl2N2O2. The number of para-hydroxylation sites is 1. The minimum absolute atomic E-state index is 0.266. The Labute approximate surface area is 167 Å². The molecule has 0 radical (unpaired) electrons. The quantitative estimate of drug-likeness (QED) is 0.450. The zero-order valence-corrected chi connectivity index (χ0v) is 15.7. The maximum atomic E-state index is 12.2. The van der Waals surface area contributed by atoms with E-state index in [4.69, 9.17) is 27.9 Å². The third-order valence-electron chi connectivity index (χ3n) is 3.70. The van der Waals surface area contributed by atoms with Crippen molar-refractivity contribution in [2.75, 3.05) is 0 Å². The third kappa shape index (κ3) is 5.33. The highest BCUT2D eigenvalue weighted by Crippen LogP contribution is 2.21. The van der Waals surface area contributed by atoms with Crippen molar-refractivity contribution in [3.8, 4) is 5.75 Å². The van der Waals surface area contributed by atoms with Gasteiger partial charge in [-0.3, -0.25) is 4.79 Å². The molecule has 0 fully saturated rings. The van der Waals surface area contributed by atoms with E-state index in [1.54, 1.807) is 12.1 Å². The van der Waals surface area contributed by atoms with E-state index in [-0.39, 0.29) is 5.02 Å². The molecule has 1 amide bonds. The van der Waals surface area contributed by atoms with Crippen molar-refractivity contribution in [3.05, 3.63) is 99.5 Å². The van der Waals surface area contributed by atoms with Crippen LogP contribution in [0.15, 0.2) is 77.9 Å². The number of hydrogen-bond acceptors (Lipinski definition) is 3. The average Bonchev–Trinajstić information content (AvgIpc) is 2.68. The minimum Gasteiger partial charge on any atom is -0.488 e. The molecule has 1 N–H and O–H groups in total. The molecule has 0 spiro atoms. The van der Waals surface area contributed by atoms with Gasteiger partial charge in [0.05, 0.1) is 16.8 Å². The summed E-state index contributed by atoms with van der Waals surface area (Å²) in [5.74, 6) is 0.250. The molecule has 0 atom stereocenters. The van der Waals surface area contributed by atoms with Crippen molar-refractivity contribution in [2.45, 2.75) is 6.61 Å². The summed E-state index contributed by atoms with van der Waals surface area (Å²) < 4.78 is 5.86. The molecule has 3 aromatic carbocycles. The van der Waals surface area contributed by atoms with Crippen LogP contribution in [-0.4, -0.2) is 12.1 Å². The Morgan fingerprint density at radius 1 is 1.00 bits per heavy atom. The first-order valence-corrected chi connectivity index (χ1v) is 8.93. The van der Waals surface area contributed by atoms with Crippen LogP contribution in [-0.2, 0) is 6.61 Å². The van der Waals surface area contributed by atoms with Crippen LogP contribution in [0.1, 0.15) is 21.5 Å². The van der Waals surface area contributed by atoms with Crippen molar-refractivity contribution >= 4 is 35.3 Å². The van der Waals surface area contributed by atoms with Crippen LogP contribution in [0, 0.1) is 0 Å². The second kappa shape index (κ2) is 9.21. The van der Waals surface area contributed by atoms with Gasteiger partial charge in [-0.2, -0.15) is 5.10 Å². The van der Waals surface area contributed by atoms with Crippen LogP contribution in [0.3, 0.4) is 0 Å². The predicted molar refractivity (Wildman–Crippen MR) is 109 cm³/mol. The first-order valence-electron chi connectivity index (χ1n) is 8.17. The SMILES string of the molecule is O=C(NN=Cc1ccccc1OCc1ccccc1)c1ccc(Cl)cc1Cl. The summed E-state index contributed by atoms with van der Waals surface area (Å²) in [5, 5.41) is 4.73. The summed E-state index contributed by atoms with van der Waals surface area (Å²) in [4.78, 5) is 12.2. The van der Waals surface area contributed by atoms with Gasteiger partial charge in [0.15, 0.2) is 0 Å². The molecule has 0 heterocycles. The Balaban J connectivity index is 1.65. The molecule has 0 aliphatic carbocycles. The lowest BCUT2D eigenvalue weighted by Gasteiger charge is -2.09. The lowest BCUT2D eigenvalue weighted by molar-refractivity contribution is 0.0955. The first-order chi connectivity index (χ1) is 13.1. The van der Waals surface area contributed by atoms with Gasteiger partial charge in [-0.15, -0.1) is 0 Å². The van der Waals surface area contributed by atoms with Gasteiger partial charge in [-0.1, -0.05) is 65.7 Å². The maximum Gasteiger partial charge on any atom is 0.272 e. The summed E-state index contributed by atoms with van der Waals surface area (Å²) in [7, 11) is 0. The number of nitrogens with zero attached hydrogens (tertiary/aromatic N) is 1. The summed E-state index contributed by atoms with van der Waals surface area (Å²) >= 11 is 11.9. The monoisotopic (exact) mass is 398 g/mol. The zero-order chi connectivity index (χ0) is 19.1. The summed E-state index contributed by atoms with van der Waals surface area (Å²) in [6.45, 7) is 0.443. The van der Waals surface area contributed by atoms with Gasteiger partial charge in [0, 0.05) is 10.6 Å². The molecule has 0 unspecified atom stereocenters. The molecule has 4 nitrogen and oxygen atoms in total. The van der Waals surface area contributed by atoms with Crippen molar-refractivity contribution in [3.63, 3.8) is 0 Å². The Morgan fingerprint density at radius 2 is 1.74 bits per heavy atom. The fourth-order valence-electron chi connectivity index (χ4n) is 2.35. The molecule has 0 bridgehead atoms. The summed E-state index contributed by atoms with van der Waals surface area (Å²) in [5.41, 5.74) is 4.57. The number of nitrogens with one attached hydrogen (secondary N) is 1. The molecule has 0 saturated carbocycles. The van der Waals surface area contributed by atoms with Crippen molar-refractivity contribution < 1.29 is 9.53 Å². The smallest absolute Gasteiger partial charge is 0.272 e. The van der Waals surface area contributed by atoms with Crippen LogP contribution >= 0.6 is 23.2 Å². The van der Waals surface area contributed by atoms with E-state index in [2.05, 4.69) is 10.5 Å². The molecular weight excluding hydrogens is 383 g/mol. The minimum atomic E-state index is -0.421. The van der Waals surface area contributed by atoms with Gasteiger partial charge in [-0.05, 0) is 35.9 Å². The van der Waals surface area contributed by atoms with Gasteiger partial charge < -0.3 is 4.74 Å². The van der Waals surface area contributed by atoms with Crippen molar-refractivity contribution in [1.82, 2.24) is 5.43 Å². The van der Waals surface area contributed by atoms with Gasteiger partial charge in [0.1, 0.15) is 12.4 Å². The molecule has 0 saturated heterocycles. The highest BCUT2D eigenvalue weighted by atomic mass is 35.5. The fraction of sp³-hybridized carbons (Fsp3) is 0.0476. The molecule has 0 aromatic heterocycles. The Morgan fingerprint density at radius 3 is 2.52 bits per heavy atom. The van der Waals surface area contributed by atoms with Gasteiger partial charge >= 0.3 is 0 Å². The Kier molecular flexibility index (Phi) is 6.47. The highest BCUT2D eigenvalue weighted by molar-refractivity contribution is 6.36. The second-order valence-corrected chi connectivity index (χ2v) is 6.48. The van der Waals surface area contributed by atoms with E-state index in [0.29, 0.717) is 22.9 Å². The van der Waals surface area contributed by atoms with E-state index in [0.717, 1.165) is 11.1 Å². The number of amides is 1. The lowest BCUT2D eigenvalue weighted by atomic mass is 10.2. The normalized spacial score (nSPS) is 10.7. The highest BCUT2D eigenvalue weighted by Gasteiger charge is 2.09. The standard InChI is InChI=1S/C21H16Cl2N2O2/c22-17-10-11-18(19(23)12-17)21(26)25-24-13-16-8-4-5-9-20(16)27-14-15-6-2-1-3-7-15/h1-13H,14H2,(H,25,26). The van der Waals surface area contributed by atoms with Gasteiger partial charge in [0.25, 0.3) is 5.91 Å². The zero-order valence-electron chi connectivity index (χ0n) is 14.2. The number of benzene rings is 3. The molecule has 3 aromatic rings. The van der Waals surface area contributed by atoms with E-state index >= 15 is 0 Å². The number of halogens is 2. The van der Waals surface area contributed by atoms with E-state index in [1.165, 1.54) is 12.3 Å². The molecule has 6 heteroatoms. The second-order valence-electron chi connectivity index (χ2n) is 5.64. The Bertz CT molecular complexity index is 959. The van der Waals surface area contributed by atoms with E-state index < -0.39 is 5.91 Å². The largest absolute Gasteiger partial charge is 0.488 e.